The van der Waals surface area contributed by atoms with Crippen LogP contribution >= 0.6 is 11.6 Å². The van der Waals surface area contributed by atoms with Crippen LogP contribution in [0, 0.1) is 0 Å². The van der Waals surface area contributed by atoms with Crippen molar-refractivity contribution in [3.05, 3.63) is 65.4 Å². The van der Waals surface area contributed by atoms with Crippen LogP contribution in [-0.2, 0) is 6.54 Å². The van der Waals surface area contributed by atoms with Crippen LogP contribution in [0.15, 0.2) is 54.7 Å². The number of carbonyl (C=O) groups is 1. The molecule has 3 N–H and O–H groups in total. The van der Waals surface area contributed by atoms with Crippen LogP contribution in [0.25, 0.3) is 0 Å². The Bertz CT molecular complexity index is 867. The topological polar surface area (TPSA) is 88.3 Å². The van der Waals surface area contributed by atoms with Crippen molar-refractivity contribution in [1.82, 2.24) is 15.5 Å². The Balaban J connectivity index is 1.69. The lowest BCUT2D eigenvalue weighted by Gasteiger charge is -2.13. The van der Waals surface area contributed by atoms with E-state index in [0.29, 0.717) is 28.8 Å². The fourth-order valence-corrected chi connectivity index (χ4v) is 2.36. The van der Waals surface area contributed by atoms with Crippen LogP contribution in [0.3, 0.4) is 0 Å². The van der Waals surface area contributed by atoms with Gasteiger partial charge in [-0.2, -0.15) is 5.10 Å². The molecule has 3 rings (SSSR count). The van der Waals surface area contributed by atoms with E-state index in [1.54, 1.807) is 61.8 Å². The molecule has 2 aromatic carbocycles. The third kappa shape index (κ3) is 4.67. The average molecular weight is 373 g/mol. The number of rotatable bonds is 6. The van der Waals surface area contributed by atoms with E-state index in [-0.39, 0.29) is 6.03 Å². The van der Waals surface area contributed by atoms with Crippen LogP contribution in [0.1, 0.15) is 5.69 Å². The lowest BCUT2D eigenvalue weighted by Crippen LogP contribution is -2.28. The van der Waals surface area contributed by atoms with Gasteiger partial charge in [-0.05, 0) is 48.5 Å². The van der Waals surface area contributed by atoms with Gasteiger partial charge in [0, 0.05) is 11.2 Å². The summed E-state index contributed by atoms with van der Waals surface area (Å²) in [5, 5.41) is 12.5. The minimum Gasteiger partial charge on any atom is -0.497 e. The summed E-state index contributed by atoms with van der Waals surface area (Å²) in [7, 11) is 1.60. The number of nitrogens with zero attached hydrogens (tertiary/aromatic N) is 1. The van der Waals surface area contributed by atoms with Gasteiger partial charge in [-0.3, -0.25) is 5.10 Å². The monoisotopic (exact) mass is 372 g/mol. The number of aromatic amines is 1. The second-order valence-corrected chi connectivity index (χ2v) is 5.74. The number of ether oxygens (including phenoxy) is 2. The van der Waals surface area contributed by atoms with Gasteiger partial charge in [-0.25, -0.2) is 4.79 Å². The standard InChI is InChI=1S/C18H17ClN4O3/c1-25-14-3-5-15(6-4-14)26-17-7-2-12(19)10-16(17)22-18(24)20-11-13-8-9-21-23-13/h2-10H,11H2,1H3,(H,21,23)(H2,20,22,24). The molecule has 0 aliphatic rings. The second kappa shape index (κ2) is 8.26. The molecule has 0 aliphatic carbocycles. The summed E-state index contributed by atoms with van der Waals surface area (Å²) in [6, 6.07) is 13.5. The Hall–Kier alpha value is -3.19. The molecule has 0 bridgehead atoms. The molecule has 134 valence electrons. The zero-order valence-electron chi connectivity index (χ0n) is 14.0. The lowest BCUT2D eigenvalue weighted by atomic mass is 10.2. The number of methoxy groups -OCH3 is 1. The van der Waals surface area contributed by atoms with Crippen molar-refractivity contribution in [2.75, 3.05) is 12.4 Å². The van der Waals surface area contributed by atoms with Crippen molar-refractivity contribution in [3.63, 3.8) is 0 Å². The Morgan fingerprint density at radius 3 is 2.62 bits per heavy atom. The fourth-order valence-electron chi connectivity index (χ4n) is 2.18. The number of benzene rings is 2. The maximum Gasteiger partial charge on any atom is 0.319 e. The highest BCUT2D eigenvalue weighted by Gasteiger charge is 2.10. The van der Waals surface area contributed by atoms with Crippen LogP contribution < -0.4 is 20.1 Å². The van der Waals surface area contributed by atoms with Crippen molar-refractivity contribution in [3.8, 4) is 17.2 Å². The number of hydrogen-bond acceptors (Lipinski definition) is 4. The molecule has 0 spiro atoms. The maximum absolute atomic E-state index is 12.1. The first kappa shape index (κ1) is 17.6. The first-order valence-electron chi connectivity index (χ1n) is 7.78. The molecule has 0 saturated carbocycles. The number of halogens is 1. The first-order chi connectivity index (χ1) is 12.6. The van der Waals surface area contributed by atoms with E-state index in [4.69, 9.17) is 21.1 Å². The average Bonchev–Trinajstić information content (AvgIpc) is 3.16. The highest BCUT2D eigenvalue weighted by atomic mass is 35.5. The van der Waals surface area contributed by atoms with Crippen LogP contribution in [0.2, 0.25) is 5.02 Å². The number of carbonyl (C=O) groups excluding carboxylic acids is 1. The van der Waals surface area contributed by atoms with Crippen LogP contribution in [0.4, 0.5) is 10.5 Å². The highest BCUT2D eigenvalue weighted by molar-refractivity contribution is 6.31. The summed E-state index contributed by atoms with van der Waals surface area (Å²) < 4.78 is 11.0. The van der Waals surface area contributed by atoms with Gasteiger partial charge >= 0.3 is 6.03 Å². The number of anilines is 1. The molecule has 2 amide bonds. The Morgan fingerprint density at radius 2 is 1.92 bits per heavy atom. The molecule has 0 radical (unpaired) electrons. The minimum atomic E-state index is -0.388. The van der Waals surface area contributed by atoms with Crippen LogP contribution in [0.5, 0.6) is 17.2 Å². The molecule has 0 unspecified atom stereocenters. The Kier molecular flexibility index (Phi) is 5.60. The van der Waals surface area contributed by atoms with Crippen molar-refractivity contribution < 1.29 is 14.3 Å². The maximum atomic E-state index is 12.1. The van der Waals surface area contributed by atoms with E-state index in [2.05, 4.69) is 20.8 Å². The number of H-pyrrole nitrogens is 1. The van der Waals surface area contributed by atoms with Gasteiger partial charge < -0.3 is 20.1 Å². The molecule has 0 saturated heterocycles. The van der Waals surface area contributed by atoms with Gasteiger partial charge in [0.2, 0.25) is 0 Å². The van der Waals surface area contributed by atoms with Crippen molar-refractivity contribution >= 4 is 23.3 Å². The molecular formula is C18H17ClN4O3. The van der Waals surface area contributed by atoms with E-state index >= 15 is 0 Å². The van der Waals surface area contributed by atoms with Gasteiger partial charge in [-0.15, -0.1) is 0 Å². The molecule has 8 heteroatoms. The Morgan fingerprint density at radius 1 is 1.15 bits per heavy atom. The summed E-state index contributed by atoms with van der Waals surface area (Å²) in [6.45, 7) is 0.321. The van der Waals surface area contributed by atoms with Crippen molar-refractivity contribution in [2.24, 2.45) is 0 Å². The number of urea groups is 1. The fraction of sp³-hybridized carbons (Fsp3) is 0.111. The van der Waals surface area contributed by atoms with Gasteiger partial charge in [0.15, 0.2) is 5.75 Å². The molecular weight excluding hydrogens is 356 g/mol. The zero-order chi connectivity index (χ0) is 18.4. The summed E-state index contributed by atoms with van der Waals surface area (Å²) in [6.07, 6.45) is 1.62. The molecule has 7 nitrogen and oxygen atoms in total. The zero-order valence-corrected chi connectivity index (χ0v) is 14.7. The smallest absolute Gasteiger partial charge is 0.319 e. The largest absolute Gasteiger partial charge is 0.497 e. The van der Waals surface area contributed by atoms with Gasteiger partial charge in [0.05, 0.1) is 25.0 Å². The predicted octanol–water partition coefficient (Wildman–Crippen LogP) is 4.19. The molecule has 26 heavy (non-hydrogen) atoms. The minimum absolute atomic E-state index is 0.321. The van der Waals surface area contributed by atoms with Crippen molar-refractivity contribution in [1.29, 1.82) is 0 Å². The normalized spacial score (nSPS) is 10.2. The van der Waals surface area contributed by atoms with Gasteiger partial charge in [0.1, 0.15) is 11.5 Å². The van der Waals surface area contributed by atoms with Crippen LogP contribution in [-0.4, -0.2) is 23.3 Å². The third-order valence-electron chi connectivity index (χ3n) is 3.47. The summed E-state index contributed by atoms with van der Waals surface area (Å²) >= 11 is 6.04. The molecule has 0 aliphatic heterocycles. The summed E-state index contributed by atoms with van der Waals surface area (Å²) in [5.74, 6) is 1.80. The van der Waals surface area contributed by atoms with Gasteiger partial charge in [0.25, 0.3) is 0 Å². The quantitative estimate of drug-likeness (QED) is 0.605. The van der Waals surface area contributed by atoms with E-state index in [9.17, 15) is 4.79 Å². The number of hydrogen-bond donors (Lipinski definition) is 3. The van der Waals surface area contributed by atoms with Gasteiger partial charge in [-0.1, -0.05) is 11.6 Å². The van der Waals surface area contributed by atoms with Crippen molar-refractivity contribution in [2.45, 2.75) is 6.54 Å². The Labute approximate surface area is 155 Å². The summed E-state index contributed by atoms with van der Waals surface area (Å²) in [4.78, 5) is 12.1. The molecule has 0 fully saturated rings. The predicted molar refractivity (Wildman–Crippen MR) is 99.0 cm³/mol. The molecule has 1 aromatic heterocycles. The molecule has 3 aromatic rings. The molecule has 1 heterocycles. The highest BCUT2D eigenvalue weighted by Crippen LogP contribution is 2.32. The first-order valence-corrected chi connectivity index (χ1v) is 8.16. The SMILES string of the molecule is COc1ccc(Oc2ccc(Cl)cc2NC(=O)NCc2ccn[nH]2)cc1. The lowest BCUT2D eigenvalue weighted by molar-refractivity contribution is 0.251. The van der Waals surface area contributed by atoms with E-state index in [0.717, 1.165) is 11.4 Å². The third-order valence-corrected chi connectivity index (χ3v) is 3.71. The number of nitrogens with one attached hydrogen (secondary N) is 3. The molecule has 0 atom stereocenters. The number of amides is 2. The van der Waals surface area contributed by atoms with E-state index in [1.165, 1.54) is 0 Å². The van der Waals surface area contributed by atoms with E-state index in [1.807, 2.05) is 0 Å². The second-order valence-electron chi connectivity index (χ2n) is 5.31. The number of aromatic nitrogens is 2. The van der Waals surface area contributed by atoms with E-state index < -0.39 is 0 Å². The summed E-state index contributed by atoms with van der Waals surface area (Å²) in [5.41, 5.74) is 1.25.